The van der Waals surface area contributed by atoms with Crippen LogP contribution in [0.1, 0.15) is 17.7 Å². The van der Waals surface area contributed by atoms with E-state index in [1.807, 2.05) is 36.4 Å². The van der Waals surface area contributed by atoms with Crippen molar-refractivity contribution in [3.63, 3.8) is 0 Å². The summed E-state index contributed by atoms with van der Waals surface area (Å²) in [6.07, 6.45) is 1.94. The number of benzene rings is 1. The summed E-state index contributed by atoms with van der Waals surface area (Å²) in [6.45, 7) is 0.574. The smallest absolute Gasteiger partial charge is 0.320 e. The highest BCUT2D eigenvalue weighted by Crippen LogP contribution is 2.14. The number of carboxylic acid groups (broad SMARTS) is 1. The summed E-state index contributed by atoms with van der Waals surface area (Å²) in [5, 5.41) is 8.79. The van der Waals surface area contributed by atoms with Crippen LogP contribution in [0.25, 0.3) is 0 Å². The van der Waals surface area contributed by atoms with Gasteiger partial charge in [0.15, 0.2) is 0 Å². The quantitative estimate of drug-likeness (QED) is 0.638. The van der Waals surface area contributed by atoms with Crippen LogP contribution in [0.15, 0.2) is 42.5 Å². The van der Waals surface area contributed by atoms with Gasteiger partial charge in [-0.3, -0.25) is 4.79 Å². The Labute approximate surface area is 135 Å². The monoisotopic (exact) mass is 315 g/mol. The van der Waals surface area contributed by atoms with Crippen molar-refractivity contribution < 1.29 is 14.6 Å². The van der Waals surface area contributed by atoms with E-state index in [4.69, 9.17) is 21.3 Å². The molecular weight excluding hydrogens is 294 g/mol. The van der Waals surface area contributed by atoms with Crippen molar-refractivity contribution in [2.24, 2.45) is 5.73 Å². The second-order valence-corrected chi connectivity index (χ2v) is 5.30. The molecule has 0 aliphatic carbocycles. The van der Waals surface area contributed by atoms with Crippen LogP contribution in [0, 0.1) is 0 Å². The minimum atomic E-state index is -1.000. The van der Waals surface area contributed by atoms with Crippen LogP contribution in [0.5, 0.6) is 5.75 Å². The van der Waals surface area contributed by atoms with E-state index in [1.165, 1.54) is 0 Å². The number of aromatic nitrogens is 1. The SMILES string of the molecule is Nc1cccc(CCCOc2ccc(C[C@H](N)C(=O)O)cc2)n1. The summed E-state index contributed by atoms with van der Waals surface area (Å²) in [6, 6.07) is 12.0. The number of hydrogen-bond acceptors (Lipinski definition) is 5. The molecule has 1 aromatic heterocycles. The molecule has 0 saturated carbocycles. The second kappa shape index (κ2) is 8.14. The van der Waals surface area contributed by atoms with Crippen LogP contribution in [0.4, 0.5) is 5.82 Å². The molecule has 1 heterocycles. The molecule has 6 nitrogen and oxygen atoms in total. The first kappa shape index (κ1) is 16.8. The van der Waals surface area contributed by atoms with Gasteiger partial charge in [-0.2, -0.15) is 0 Å². The van der Waals surface area contributed by atoms with Crippen LogP contribution >= 0.6 is 0 Å². The first-order chi connectivity index (χ1) is 11.0. The molecular formula is C17H21N3O3. The molecule has 0 fully saturated rings. The minimum Gasteiger partial charge on any atom is -0.494 e. The number of aryl methyl sites for hydroxylation is 1. The Bertz CT molecular complexity index is 644. The predicted molar refractivity (Wildman–Crippen MR) is 88.2 cm³/mol. The maximum atomic E-state index is 10.7. The van der Waals surface area contributed by atoms with Crippen LogP contribution in [-0.4, -0.2) is 28.7 Å². The topological polar surface area (TPSA) is 111 Å². The molecule has 5 N–H and O–H groups in total. The van der Waals surface area contributed by atoms with E-state index in [-0.39, 0.29) is 0 Å². The number of hydrogen-bond donors (Lipinski definition) is 3. The van der Waals surface area contributed by atoms with Gasteiger partial charge in [-0.05, 0) is 49.1 Å². The van der Waals surface area contributed by atoms with Crippen molar-refractivity contribution in [3.05, 3.63) is 53.7 Å². The Hall–Kier alpha value is -2.60. The number of pyridine rings is 1. The number of nitrogens with zero attached hydrogens (tertiary/aromatic N) is 1. The van der Waals surface area contributed by atoms with Gasteiger partial charge in [0, 0.05) is 5.69 Å². The Balaban J connectivity index is 1.75. The summed E-state index contributed by atoms with van der Waals surface area (Å²) in [4.78, 5) is 15.0. The number of carbonyl (C=O) groups is 1. The van der Waals surface area contributed by atoms with Crippen molar-refractivity contribution in [3.8, 4) is 5.75 Å². The molecule has 6 heteroatoms. The van der Waals surface area contributed by atoms with Gasteiger partial charge in [0.25, 0.3) is 0 Å². The van der Waals surface area contributed by atoms with E-state index < -0.39 is 12.0 Å². The maximum absolute atomic E-state index is 10.7. The van der Waals surface area contributed by atoms with Gasteiger partial charge in [0.05, 0.1) is 6.61 Å². The summed E-state index contributed by atoms with van der Waals surface area (Å²) < 4.78 is 5.66. The molecule has 0 aliphatic rings. The average molecular weight is 315 g/mol. The fraction of sp³-hybridized carbons (Fsp3) is 0.294. The van der Waals surface area contributed by atoms with Crippen LogP contribution < -0.4 is 16.2 Å². The van der Waals surface area contributed by atoms with E-state index >= 15 is 0 Å². The maximum Gasteiger partial charge on any atom is 0.320 e. The van der Waals surface area contributed by atoms with Crippen LogP contribution in [0.2, 0.25) is 0 Å². The van der Waals surface area contributed by atoms with Crippen molar-refractivity contribution in [1.29, 1.82) is 0 Å². The molecule has 23 heavy (non-hydrogen) atoms. The first-order valence-electron chi connectivity index (χ1n) is 7.46. The number of aliphatic carboxylic acids is 1. The lowest BCUT2D eigenvalue weighted by Crippen LogP contribution is -2.32. The molecule has 2 aromatic rings. The van der Waals surface area contributed by atoms with Gasteiger partial charge in [-0.15, -0.1) is 0 Å². The third-order valence-electron chi connectivity index (χ3n) is 3.37. The molecule has 0 radical (unpaired) electrons. The number of nitrogen functional groups attached to an aromatic ring is 1. The Morgan fingerprint density at radius 3 is 2.61 bits per heavy atom. The second-order valence-electron chi connectivity index (χ2n) is 5.30. The van der Waals surface area contributed by atoms with Gasteiger partial charge in [0.1, 0.15) is 17.6 Å². The van der Waals surface area contributed by atoms with E-state index in [0.29, 0.717) is 18.8 Å². The molecule has 0 amide bonds. The summed E-state index contributed by atoms with van der Waals surface area (Å²) in [7, 11) is 0. The van der Waals surface area contributed by atoms with Crippen molar-refractivity contribution in [2.75, 3.05) is 12.3 Å². The van der Waals surface area contributed by atoms with Crippen molar-refractivity contribution in [1.82, 2.24) is 4.98 Å². The van der Waals surface area contributed by atoms with Crippen LogP contribution in [-0.2, 0) is 17.6 Å². The fourth-order valence-electron chi connectivity index (χ4n) is 2.14. The zero-order valence-corrected chi connectivity index (χ0v) is 12.8. The van der Waals surface area contributed by atoms with Gasteiger partial charge < -0.3 is 21.3 Å². The predicted octanol–water partition coefficient (Wildman–Crippen LogP) is 1.63. The Kier molecular flexibility index (Phi) is 5.94. The summed E-state index contributed by atoms with van der Waals surface area (Å²) in [5.41, 5.74) is 13.0. The normalized spacial score (nSPS) is 11.9. The number of nitrogens with two attached hydrogens (primary N) is 2. The molecule has 2 rings (SSSR count). The van der Waals surface area contributed by atoms with E-state index in [2.05, 4.69) is 4.98 Å². The lowest BCUT2D eigenvalue weighted by Gasteiger charge is -2.09. The molecule has 0 saturated heterocycles. The first-order valence-corrected chi connectivity index (χ1v) is 7.46. The number of anilines is 1. The molecule has 0 unspecified atom stereocenters. The molecule has 122 valence electrons. The molecule has 0 spiro atoms. The number of ether oxygens (including phenoxy) is 1. The lowest BCUT2D eigenvalue weighted by molar-refractivity contribution is -0.138. The zero-order chi connectivity index (χ0) is 16.7. The van der Waals surface area contributed by atoms with Crippen LogP contribution in [0.3, 0.4) is 0 Å². The fourth-order valence-corrected chi connectivity index (χ4v) is 2.14. The third kappa shape index (κ3) is 5.60. The summed E-state index contributed by atoms with van der Waals surface area (Å²) >= 11 is 0. The van der Waals surface area contributed by atoms with E-state index in [1.54, 1.807) is 6.07 Å². The van der Waals surface area contributed by atoms with E-state index in [0.717, 1.165) is 29.8 Å². The Morgan fingerprint density at radius 1 is 1.22 bits per heavy atom. The average Bonchev–Trinajstić information content (AvgIpc) is 2.53. The highest BCUT2D eigenvalue weighted by molar-refractivity contribution is 5.73. The standard InChI is InChI=1S/C17H21N3O3/c18-15(17(21)22)11-12-6-8-14(9-7-12)23-10-2-4-13-3-1-5-16(19)20-13/h1,3,5-9,15H,2,4,10-11,18H2,(H2,19,20)(H,21,22)/t15-/m0/s1. The van der Waals surface area contributed by atoms with Gasteiger partial charge >= 0.3 is 5.97 Å². The van der Waals surface area contributed by atoms with Gasteiger partial charge in [-0.1, -0.05) is 18.2 Å². The molecule has 1 aromatic carbocycles. The molecule has 0 aliphatic heterocycles. The lowest BCUT2D eigenvalue weighted by atomic mass is 10.1. The zero-order valence-electron chi connectivity index (χ0n) is 12.8. The third-order valence-corrected chi connectivity index (χ3v) is 3.37. The Morgan fingerprint density at radius 2 is 1.96 bits per heavy atom. The molecule has 1 atom stereocenters. The number of rotatable bonds is 8. The van der Waals surface area contributed by atoms with Crippen molar-refractivity contribution in [2.45, 2.75) is 25.3 Å². The number of carboxylic acids is 1. The summed E-state index contributed by atoms with van der Waals surface area (Å²) in [5.74, 6) is 0.275. The van der Waals surface area contributed by atoms with Crippen molar-refractivity contribution >= 4 is 11.8 Å². The largest absolute Gasteiger partial charge is 0.494 e. The van der Waals surface area contributed by atoms with Gasteiger partial charge in [-0.25, -0.2) is 4.98 Å². The van der Waals surface area contributed by atoms with E-state index in [9.17, 15) is 4.79 Å². The van der Waals surface area contributed by atoms with Gasteiger partial charge in [0.2, 0.25) is 0 Å². The molecule has 0 bridgehead atoms. The highest BCUT2D eigenvalue weighted by atomic mass is 16.5. The highest BCUT2D eigenvalue weighted by Gasteiger charge is 2.11. The minimum absolute atomic E-state index is 0.302.